The standard InChI is InChI=1S/C29H31ClN4O2/c1-36-24-13-11-23(12-14-24)27-19-28(25-9-5-6-10-26(25)30)34(31-27)29(35)21-33-17-15-32(16-18-33)20-22-7-3-2-4-8-22/h2-14,28H,15-21H2,1H3. The van der Waals surface area contributed by atoms with Gasteiger partial charge >= 0.3 is 0 Å². The van der Waals surface area contributed by atoms with Crippen molar-refractivity contribution in [1.82, 2.24) is 14.8 Å². The van der Waals surface area contributed by atoms with E-state index >= 15 is 0 Å². The lowest BCUT2D eigenvalue weighted by molar-refractivity contribution is -0.134. The topological polar surface area (TPSA) is 48.4 Å². The Morgan fingerprint density at radius 3 is 2.28 bits per heavy atom. The van der Waals surface area contributed by atoms with E-state index in [4.69, 9.17) is 21.4 Å². The van der Waals surface area contributed by atoms with Crippen LogP contribution >= 0.6 is 11.6 Å². The highest BCUT2D eigenvalue weighted by atomic mass is 35.5. The number of rotatable bonds is 7. The lowest BCUT2D eigenvalue weighted by atomic mass is 9.98. The maximum absolute atomic E-state index is 13.6. The summed E-state index contributed by atoms with van der Waals surface area (Å²) in [6.45, 7) is 4.89. The maximum Gasteiger partial charge on any atom is 0.257 e. The molecule has 36 heavy (non-hydrogen) atoms. The summed E-state index contributed by atoms with van der Waals surface area (Å²) in [6, 6.07) is 25.9. The average Bonchev–Trinajstić information content (AvgIpc) is 3.36. The van der Waals surface area contributed by atoms with Crippen molar-refractivity contribution in [3.05, 3.63) is 101 Å². The molecular weight excluding hydrogens is 472 g/mol. The fraction of sp³-hybridized carbons (Fsp3) is 0.310. The smallest absolute Gasteiger partial charge is 0.257 e. The van der Waals surface area contributed by atoms with E-state index in [2.05, 4.69) is 34.1 Å². The molecule has 0 N–H and O–H groups in total. The summed E-state index contributed by atoms with van der Waals surface area (Å²) in [7, 11) is 1.65. The van der Waals surface area contributed by atoms with Crippen LogP contribution in [0.2, 0.25) is 5.02 Å². The maximum atomic E-state index is 13.6. The first kappa shape index (κ1) is 24.5. The van der Waals surface area contributed by atoms with Crippen molar-refractivity contribution >= 4 is 23.2 Å². The van der Waals surface area contributed by atoms with E-state index in [0.717, 1.165) is 55.3 Å². The minimum absolute atomic E-state index is 0.0000548. The molecule has 7 heteroatoms. The Bertz CT molecular complexity index is 1210. The first-order chi connectivity index (χ1) is 17.6. The number of piperazine rings is 1. The highest BCUT2D eigenvalue weighted by Gasteiger charge is 2.35. The Kier molecular flexibility index (Phi) is 7.66. The quantitative estimate of drug-likeness (QED) is 0.463. The van der Waals surface area contributed by atoms with Crippen molar-refractivity contribution in [2.75, 3.05) is 39.8 Å². The van der Waals surface area contributed by atoms with Crippen LogP contribution in [0.3, 0.4) is 0 Å². The van der Waals surface area contributed by atoms with Gasteiger partial charge in [0.15, 0.2) is 0 Å². The van der Waals surface area contributed by atoms with Crippen molar-refractivity contribution in [2.45, 2.75) is 19.0 Å². The van der Waals surface area contributed by atoms with Crippen LogP contribution in [-0.2, 0) is 11.3 Å². The molecule has 1 amide bonds. The van der Waals surface area contributed by atoms with Gasteiger partial charge in [-0.15, -0.1) is 0 Å². The molecule has 5 rings (SSSR count). The van der Waals surface area contributed by atoms with Crippen LogP contribution in [0.5, 0.6) is 5.75 Å². The number of hydrogen-bond donors (Lipinski definition) is 0. The van der Waals surface area contributed by atoms with Crippen molar-refractivity contribution in [2.24, 2.45) is 5.10 Å². The Morgan fingerprint density at radius 2 is 1.58 bits per heavy atom. The molecule has 0 aromatic heterocycles. The number of carbonyl (C=O) groups excluding carboxylic acids is 1. The van der Waals surface area contributed by atoms with E-state index in [9.17, 15) is 4.79 Å². The van der Waals surface area contributed by atoms with Crippen molar-refractivity contribution in [1.29, 1.82) is 0 Å². The zero-order chi connectivity index (χ0) is 24.9. The molecule has 2 heterocycles. The monoisotopic (exact) mass is 502 g/mol. The normalized spacial score (nSPS) is 18.8. The Morgan fingerprint density at radius 1 is 0.917 bits per heavy atom. The van der Waals surface area contributed by atoms with E-state index in [1.807, 2.05) is 54.6 Å². The second kappa shape index (κ2) is 11.2. The highest BCUT2D eigenvalue weighted by Crippen LogP contribution is 2.36. The second-order valence-electron chi connectivity index (χ2n) is 9.29. The van der Waals surface area contributed by atoms with Gasteiger partial charge in [0.05, 0.1) is 25.4 Å². The third-order valence-corrected chi connectivity index (χ3v) is 7.27. The van der Waals surface area contributed by atoms with Crippen LogP contribution in [0.1, 0.15) is 29.2 Å². The van der Waals surface area contributed by atoms with Crippen LogP contribution in [-0.4, -0.2) is 66.3 Å². The third kappa shape index (κ3) is 5.62. The first-order valence-electron chi connectivity index (χ1n) is 12.4. The van der Waals surface area contributed by atoms with Gasteiger partial charge in [0.25, 0.3) is 5.91 Å². The second-order valence-corrected chi connectivity index (χ2v) is 9.70. The molecule has 0 bridgehead atoms. The molecular formula is C29H31ClN4O2. The van der Waals surface area contributed by atoms with Crippen LogP contribution in [0, 0.1) is 0 Å². The number of halogens is 1. The molecule has 2 aliphatic heterocycles. The van der Waals surface area contributed by atoms with Gasteiger partial charge in [-0.1, -0.05) is 60.1 Å². The summed E-state index contributed by atoms with van der Waals surface area (Å²) in [5, 5.41) is 7.12. The van der Waals surface area contributed by atoms with Gasteiger partial charge in [0.1, 0.15) is 5.75 Å². The summed E-state index contributed by atoms with van der Waals surface area (Å²) in [6.07, 6.45) is 0.618. The lowest BCUT2D eigenvalue weighted by Gasteiger charge is -2.35. The van der Waals surface area contributed by atoms with E-state index in [-0.39, 0.29) is 11.9 Å². The first-order valence-corrected chi connectivity index (χ1v) is 12.8. The summed E-state index contributed by atoms with van der Waals surface area (Å²) in [5.41, 5.74) is 4.11. The van der Waals surface area contributed by atoms with Gasteiger partial charge in [-0.3, -0.25) is 14.6 Å². The van der Waals surface area contributed by atoms with E-state index in [0.29, 0.717) is 18.0 Å². The largest absolute Gasteiger partial charge is 0.497 e. The van der Waals surface area contributed by atoms with Gasteiger partial charge < -0.3 is 4.74 Å². The molecule has 2 aliphatic rings. The molecule has 3 aromatic carbocycles. The fourth-order valence-corrected chi connectivity index (χ4v) is 5.16. The van der Waals surface area contributed by atoms with Crippen molar-refractivity contribution < 1.29 is 9.53 Å². The van der Waals surface area contributed by atoms with E-state index in [1.54, 1.807) is 12.1 Å². The number of hydrogen-bond acceptors (Lipinski definition) is 5. The number of hydrazone groups is 1. The van der Waals surface area contributed by atoms with E-state index in [1.165, 1.54) is 5.56 Å². The molecule has 1 fully saturated rings. The molecule has 0 aliphatic carbocycles. The van der Waals surface area contributed by atoms with Crippen LogP contribution in [0.25, 0.3) is 0 Å². The molecule has 0 spiro atoms. The average molecular weight is 503 g/mol. The number of amides is 1. The molecule has 0 saturated carbocycles. The number of nitrogens with zero attached hydrogens (tertiary/aromatic N) is 4. The molecule has 6 nitrogen and oxygen atoms in total. The van der Waals surface area contributed by atoms with Crippen LogP contribution in [0.4, 0.5) is 0 Å². The van der Waals surface area contributed by atoms with E-state index < -0.39 is 0 Å². The van der Waals surface area contributed by atoms with Gasteiger partial charge in [-0.25, -0.2) is 5.01 Å². The van der Waals surface area contributed by atoms with Crippen molar-refractivity contribution in [3.63, 3.8) is 0 Å². The molecule has 1 saturated heterocycles. The number of benzene rings is 3. The summed E-state index contributed by atoms with van der Waals surface area (Å²) >= 11 is 6.56. The third-order valence-electron chi connectivity index (χ3n) is 6.93. The minimum Gasteiger partial charge on any atom is -0.497 e. The van der Waals surface area contributed by atoms with Crippen molar-refractivity contribution in [3.8, 4) is 5.75 Å². The lowest BCUT2D eigenvalue weighted by Crippen LogP contribution is -2.49. The predicted octanol–water partition coefficient (Wildman–Crippen LogP) is 4.84. The Hall–Kier alpha value is -3.19. The fourth-order valence-electron chi connectivity index (χ4n) is 4.90. The number of carbonyl (C=O) groups is 1. The van der Waals surface area contributed by atoms with Crippen LogP contribution in [0.15, 0.2) is 84.0 Å². The SMILES string of the molecule is COc1ccc(C2=NN(C(=O)CN3CCN(Cc4ccccc4)CC3)C(c3ccccc3Cl)C2)cc1. The molecule has 1 atom stereocenters. The van der Waals surface area contributed by atoms with Crippen LogP contribution < -0.4 is 4.74 Å². The zero-order valence-corrected chi connectivity index (χ0v) is 21.3. The van der Waals surface area contributed by atoms with Gasteiger partial charge in [0.2, 0.25) is 0 Å². The molecule has 1 unspecified atom stereocenters. The highest BCUT2D eigenvalue weighted by molar-refractivity contribution is 6.31. The molecule has 0 radical (unpaired) electrons. The molecule has 3 aromatic rings. The number of methoxy groups -OCH3 is 1. The summed E-state index contributed by atoms with van der Waals surface area (Å²) < 4.78 is 5.29. The van der Waals surface area contributed by atoms with Gasteiger partial charge in [0, 0.05) is 44.2 Å². The molecule has 186 valence electrons. The summed E-state index contributed by atoms with van der Waals surface area (Å²) in [4.78, 5) is 18.2. The number of ether oxygens (including phenoxy) is 1. The Balaban J connectivity index is 1.28. The predicted molar refractivity (Wildman–Crippen MR) is 143 cm³/mol. The Labute approximate surface area is 217 Å². The minimum atomic E-state index is -0.220. The summed E-state index contributed by atoms with van der Waals surface area (Å²) in [5.74, 6) is 0.791. The zero-order valence-electron chi connectivity index (χ0n) is 20.5. The van der Waals surface area contributed by atoms with Gasteiger partial charge in [-0.05, 0) is 47.0 Å². The van der Waals surface area contributed by atoms with Gasteiger partial charge in [-0.2, -0.15) is 5.10 Å².